The highest BCUT2D eigenvalue weighted by molar-refractivity contribution is 5.66. The molecule has 0 aromatic carbocycles. The van der Waals surface area contributed by atoms with Crippen molar-refractivity contribution in [1.82, 2.24) is 10.0 Å². The van der Waals surface area contributed by atoms with Gasteiger partial charge in [-0.15, -0.1) is 0 Å². The zero-order chi connectivity index (χ0) is 11.0. The van der Waals surface area contributed by atoms with Gasteiger partial charge in [-0.3, -0.25) is 0 Å². The summed E-state index contributed by atoms with van der Waals surface area (Å²) in [6, 6.07) is 0. The van der Waals surface area contributed by atoms with Gasteiger partial charge in [0.15, 0.2) is 6.73 Å². The van der Waals surface area contributed by atoms with Crippen LogP contribution in [-0.4, -0.2) is 50.2 Å². The normalized spacial score (nSPS) is 10.4. The molecule has 0 bridgehead atoms. The van der Waals surface area contributed by atoms with Gasteiger partial charge >= 0.3 is 6.09 Å². The largest absolute Gasteiger partial charge is 0.449 e. The smallest absolute Gasteiger partial charge is 0.424 e. The first-order valence-electron chi connectivity index (χ1n) is 4.49. The van der Waals surface area contributed by atoms with Crippen molar-refractivity contribution in [1.29, 1.82) is 0 Å². The van der Waals surface area contributed by atoms with E-state index in [9.17, 15) is 4.79 Å². The Morgan fingerprint density at radius 2 is 1.79 bits per heavy atom. The van der Waals surface area contributed by atoms with Gasteiger partial charge in [0.05, 0.1) is 13.2 Å². The number of amides is 1. The molecule has 1 amide bonds. The van der Waals surface area contributed by atoms with Crippen LogP contribution in [0.25, 0.3) is 0 Å². The lowest BCUT2D eigenvalue weighted by atomic mass is 10.8. The van der Waals surface area contributed by atoms with Gasteiger partial charge < -0.3 is 4.74 Å². The van der Waals surface area contributed by atoms with Crippen molar-refractivity contribution >= 4 is 6.09 Å². The predicted octanol–water partition coefficient (Wildman–Crippen LogP) is 0.847. The van der Waals surface area contributed by atoms with Crippen LogP contribution in [0.15, 0.2) is 0 Å². The second-order valence-electron chi connectivity index (χ2n) is 2.53. The van der Waals surface area contributed by atoms with E-state index in [-0.39, 0.29) is 6.73 Å². The van der Waals surface area contributed by atoms with Gasteiger partial charge in [0, 0.05) is 14.1 Å². The SMILES string of the molecule is CCOOCN(C)N(C)C(=O)OCC. The van der Waals surface area contributed by atoms with Crippen molar-refractivity contribution in [2.75, 3.05) is 34.0 Å². The first-order chi connectivity index (χ1) is 6.63. The average Bonchev–Trinajstić information content (AvgIpc) is 2.17. The average molecular weight is 206 g/mol. The van der Waals surface area contributed by atoms with Gasteiger partial charge in [-0.25, -0.2) is 19.6 Å². The maximum absolute atomic E-state index is 11.2. The molecule has 0 aliphatic carbocycles. The van der Waals surface area contributed by atoms with Gasteiger partial charge in [-0.1, -0.05) is 0 Å². The summed E-state index contributed by atoms with van der Waals surface area (Å²) >= 11 is 0. The summed E-state index contributed by atoms with van der Waals surface area (Å²) in [6.07, 6.45) is -0.421. The van der Waals surface area contributed by atoms with Gasteiger partial charge in [0.2, 0.25) is 0 Å². The second kappa shape index (κ2) is 7.54. The first-order valence-corrected chi connectivity index (χ1v) is 4.49. The van der Waals surface area contributed by atoms with E-state index in [1.54, 1.807) is 21.0 Å². The van der Waals surface area contributed by atoms with Crippen molar-refractivity contribution in [3.05, 3.63) is 0 Å². The molecule has 0 atom stereocenters. The predicted molar refractivity (Wildman–Crippen MR) is 50.1 cm³/mol. The minimum absolute atomic E-state index is 0.170. The summed E-state index contributed by atoms with van der Waals surface area (Å²) in [4.78, 5) is 20.6. The van der Waals surface area contributed by atoms with Crippen LogP contribution in [-0.2, 0) is 14.5 Å². The summed E-state index contributed by atoms with van der Waals surface area (Å²) < 4.78 is 4.78. The molecular weight excluding hydrogens is 188 g/mol. The van der Waals surface area contributed by atoms with E-state index in [1.165, 1.54) is 10.0 Å². The van der Waals surface area contributed by atoms with Gasteiger partial charge in [-0.2, -0.15) is 5.01 Å². The summed E-state index contributed by atoms with van der Waals surface area (Å²) in [6.45, 7) is 4.56. The summed E-state index contributed by atoms with van der Waals surface area (Å²) in [5, 5.41) is 2.84. The minimum Gasteiger partial charge on any atom is -0.449 e. The van der Waals surface area contributed by atoms with E-state index in [1.807, 2.05) is 6.92 Å². The molecule has 0 unspecified atom stereocenters. The third-order valence-corrected chi connectivity index (χ3v) is 1.48. The van der Waals surface area contributed by atoms with Crippen LogP contribution in [0.4, 0.5) is 4.79 Å². The highest BCUT2D eigenvalue weighted by Crippen LogP contribution is 1.95. The van der Waals surface area contributed by atoms with Crippen molar-refractivity contribution in [3.63, 3.8) is 0 Å². The molecule has 0 radical (unpaired) electrons. The Morgan fingerprint density at radius 3 is 2.29 bits per heavy atom. The Balaban J connectivity index is 3.74. The fraction of sp³-hybridized carbons (Fsp3) is 0.875. The quantitative estimate of drug-likeness (QED) is 0.279. The zero-order valence-electron chi connectivity index (χ0n) is 9.15. The number of hydrogen-bond acceptors (Lipinski definition) is 5. The van der Waals surface area contributed by atoms with Crippen molar-refractivity contribution in [3.8, 4) is 0 Å². The Bertz CT molecular complexity index is 165. The number of hydrogen-bond donors (Lipinski definition) is 0. The van der Waals surface area contributed by atoms with Crippen LogP contribution in [0.1, 0.15) is 13.8 Å². The molecule has 84 valence electrons. The summed E-state index contributed by atoms with van der Waals surface area (Å²) in [7, 11) is 3.28. The van der Waals surface area contributed by atoms with Crippen LogP contribution >= 0.6 is 0 Å². The molecule has 0 aromatic rings. The zero-order valence-corrected chi connectivity index (χ0v) is 9.15. The third-order valence-electron chi connectivity index (χ3n) is 1.48. The van der Waals surface area contributed by atoms with Crippen LogP contribution in [0.5, 0.6) is 0 Å². The Kier molecular flexibility index (Phi) is 7.09. The standard InChI is InChI=1S/C8H18N2O4/c1-5-12-8(11)10(4)9(3)7-14-13-6-2/h5-7H2,1-4H3. The van der Waals surface area contributed by atoms with E-state index < -0.39 is 6.09 Å². The number of ether oxygens (including phenoxy) is 1. The van der Waals surface area contributed by atoms with Crippen LogP contribution < -0.4 is 0 Å². The van der Waals surface area contributed by atoms with E-state index in [0.717, 1.165) is 0 Å². The molecule has 0 aromatic heterocycles. The fourth-order valence-electron chi connectivity index (χ4n) is 0.640. The number of nitrogens with zero attached hydrogens (tertiary/aromatic N) is 2. The third kappa shape index (κ3) is 5.00. The molecule has 0 aliphatic rings. The van der Waals surface area contributed by atoms with Crippen molar-refractivity contribution in [2.24, 2.45) is 0 Å². The number of hydrazine groups is 1. The fourth-order valence-corrected chi connectivity index (χ4v) is 0.640. The van der Waals surface area contributed by atoms with Crippen LogP contribution in [0, 0.1) is 0 Å². The van der Waals surface area contributed by atoms with E-state index in [0.29, 0.717) is 13.2 Å². The molecular formula is C8H18N2O4. The molecule has 0 rings (SSSR count). The highest BCUT2D eigenvalue weighted by Gasteiger charge is 2.14. The molecule has 0 saturated carbocycles. The molecule has 6 heteroatoms. The highest BCUT2D eigenvalue weighted by atomic mass is 17.2. The van der Waals surface area contributed by atoms with Crippen LogP contribution in [0.2, 0.25) is 0 Å². The van der Waals surface area contributed by atoms with Crippen molar-refractivity contribution < 1.29 is 19.3 Å². The number of rotatable bonds is 6. The lowest BCUT2D eigenvalue weighted by Crippen LogP contribution is -2.42. The summed E-state index contributed by atoms with van der Waals surface area (Å²) in [5.41, 5.74) is 0. The van der Waals surface area contributed by atoms with E-state index in [2.05, 4.69) is 4.89 Å². The summed E-state index contributed by atoms with van der Waals surface area (Å²) in [5.74, 6) is 0. The lowest BCUT2D eigenvalue weighted by Gasteiger charge is -2.26. The van der Waals surface area contributed by atoms with Crippen molar-refractivity contribution in [2.45, 2.75) is 13.8 Å². The number of carbonyl (C=O) groups is 1. The second-order valence-corrected chi connectivity index (χ2v) is 2.53. The van der Waals surface area contributed by atoms with E-state index >= 15 is 0 Å². The topological polar surface area (TPSA) is 51.2 Å². The molecule has 0 fully saturated rings. The van der Waals surface area contributed by atoms with E-state index in [4.69, 9.17) is 9.62 Å². The molecule has 0 saturated heterocycles. The number of carbonyl (C=O) groups excluding carboxylic acids is 1. The molecule has 0 N–H and O–H groups in total. The monoisotopic (exact) mass is 206 g/mol. The molecule has 14 heavy (non-hydrogen) atoms. The van der Waals surface area contributed by atoms with Gasteiger partial charge in [-0.05, 0) is 13.8 Å². The molecule has 0 spiro atoms. The Morgan fingerprint density at radius 1 is 1.14 bits per heavy atom. The lowest BCUT2D eigenvalue weighted by molar-refractivity contribution is -0.322. The molecule has 6 nitrogen and oxygen atoms in total. The first kappa shape index (κ1) is 13.2. The van der Waals surface area contributed by atoms with Crippen LogP contribution in [0.3, 0.4) is 0 Å². The van der Waals surface area contributed by atoms with Gasteiger partial charge in [0.25, 0.3) is 0 Å². The maximum Gasteiger partial charge on any atom is 0.424 e. The molecule has 0 aliphatic heterocycles. The minimum atomic E-state index is -0.421. The molecule has 0 heterocycles. The Labute approximate surface area is 84.2 Å². The maximum atomic E-state index is 11.2. The Hall–Kier alpha value is -0.850. The van der Waals surface area contributed by atoms with Gasteiger partial charge in [0.1, 0.15) is 0 Å².